The van der Waals surface area contributed by atoms with Crippen LogP contribution >= 0.6 is 11.6 Å². The fourth-order valence-corrected chi connectivity index (χ4v) is 4.35. The van der Waals surface area contributed by atoms with Gasteiger partial charge in [-0.05, 0) is 42.8 Å². The number of nitrogens with zero attached hydrogens (tertiary/aromatic N) is 3. The third kappa shape index (κ3) is 3.76. The summed E-state index contributed by atoms with van der Waals surface area (Å²) in [5.74, 6) is 0.974. The number of benzene rings is 2. The van der Waals surface area contributed by atoms with E-state index in [2.05, 4.69) is 14.7 Å². The van der Waals surface area contributed by atoms with Gasteiger partial charge in [-0.2, -0.15) is 0 Å². The average molecular weight is 429 g/mol. The minimum Gasteiger partial charge on any atom is -0.495 e. The monoisotopic (exact) mass is 428 g/mol. The fourth-order valence-electron chi connectivity index (χ4n) is 2.88. The molecule has 1 N–H and O–H groups in total. The third-order valence-corrected chi connectivity index (χ3v) is 6.11. The molecule has 2 heterocycles. The molecule has 0 aliphatic heterocycles. The van der Waals surface area contributed by atoms with Gasteiger partial charge in [0, 0.05) is 24.2 Å². The van der Waals surface area contributed by atoms with Crippen molar-refractivity contribution in [2.24, 2.45) is 0 Å². The summed E-state index contributed by atoms with van der Waals surface area (Å²) >= 11 is 6.08. The highest BCUT2D eigenvalue weighted by Crippen LogP contribution is 2.30. The molecule has 0 aliphatic carbocycles. The van der Waals surface area contributed by atoms with E-state index in [0.717, 1.165) is 11.1 Å². The average Bonchev–Trinajstić information content (AvgIpc) is 3.13. The molecule has 0 bridgehead atoms. The van der Waals surface area contributed by atoms with Gasteiger partial charge in [-0.1, -0.05) is 23.7 Å². The van der Waals surface area contributed by atoms with E-state index in [1.807, 2.05) is 37.5 Å². The van der Waals surface area contributed by atoms with Crippen LogP contribution < -0.4 is 9.46 Å². The Morgan fingerprint density at radius 2 is 2.00 bits per heavy atom. The fraction of sp³-hybridized carbons (Fsp3) is 0.100. The molecular formula is C20H17ClN4O3S. The van der Waals surface area contributed by atoms with Crippen LogP contribution in [0.1, 0.15) is 5.56 Å². The molecule has 0 saturated carbocycles. The SMILES string of the molecule is COc1ccc(S(=O)(=O)Nc2cc(-c3cn4cccnc4n3)ccc2C)cc1Cl. The summed E-state index contributed by atoms with van der Waals surface area (Å²) in [4.78, 5) is 8.74. The van der Waals surface area contributed by atoms with Crippen LogP contribution in [0, 0.1) is 6.92 Å². The number of rotatable bonds is 5. The molecule has 4 rings (SSSR count). The topological polar surface area (TPSA) is 85.6 Å². The Morgan fingerprint density at radius 1 is 1.17 bits per heavy atom. The highest BCUT2D eigenvalue weighted by Gasteiger charge is 2.18. The molecule has 0 saturated heterocycles. The quantitative estimate of drug-likeness (QED) is 0.515. The Hall–Kier alpha value is -3.10. The van der Waals surface area contributed by atoms with Crippen molar-refractivity contribution < 1.29 is 13.2 Å². The highest BCUT2D eigenvalue weighted by atomic mass is 35.5. The van der Waals surface area contributed by atoms with Crippen molar-refractivity contribution in [1.29, 1.82) is 0 Å². The maximum Gasteiger partial charge on any atom is 0.261 e. The van der Waals surface area contributed by atoms with E-state index in [4.69, 9.17) is 16.3 Å². The Balaban J connectivity index is 1.70. The highest BCUT2D eigenvalue weighted by molar-refractivity contribution is 7.92. The zero-order chi connectivity index (χ0) is 20.6. The van der Waals surface area contributed by atoms with Gasteiger partial charge in [0.05, 0.1) is 28.4 Å². The van der Waals surface area contributed by atoms with Crippen LogP contribution in [0.3, 0.4) is 0 Å². The van der Waals surface area contributed by atoms with Gasteiger partial charge in [-0.25, -0.2) is 18.4 Å². The number of hydrogen-bond donors (Lipinski definition) is 1. The first-order chi connectivity index (χ1) is 13.9. The van der Waals surface area contributed by atoms with Crippen molar-refractivity contribution in [3.05, 3.63) is 71.6 Å². The number of aromatic nitrogens is 3. The lowest BCUT2D eigenvalue weighted by Gasteiger charge is -2.13. The van der Waals surface area contributed by atoms with Gasteiger partial charge in [0.25, 0.3) is 10.0 Å². The number of aryl methyl sites for hydroxylation is 1. The van der Waals surface area contributed by atoms with E-state index >= 15 is 0 Å². The first-order valence-corrected chi connectivity index (χ1v) is 10.5. The van der Waals surface area contributed by atoms with Crippen LogP contribution in [0.15, 0.2) is 66.0 Å². The molecule has 0 fully saturated rings. The van der Waals surface area contributed by atoms with Gasteiger partial charge in [-0.15, -0.1) is 0 Å². The first kappa shape index (κ1) is 19.2. The smallest absolute Gasteiger partial charge is 0.261 e. The number of hydrogen-bond acceptors (Lipinski definition) is 5. The van der Waals surface area contributed by atoms with Crippen molar-refractivity contribution >= 4 is 33.1 Å². The molecule has 148 valence electrons. The third-order valence-electron chi connectivity index (χ3n) is 4.45. The number of sulfonamides is 1. The van der Waals surface area contributed by atoms with E-state index in [-0.39, 0.29) is 9.92 Å². The van der Waals surface area contributed by atoms with E-state index in [9.17, 15) is 8.42 Å². The number of methoxy groups -OCH3 is 1. The lowest BCUT2D eigenvalue weighted by molar-refractivity contribution is 0.414. The summed E-state index contributed by atoms with van der Waals surface area (Å²) in [5, 5.41) is 0.220. The van der Waals surface area contributed by atoms with Gasteiger partial charge in [0.15, 0.2) is 0 Å². The van der Waals surface area contributed by atoms with E-state index in [0.29, 0.717) is 22.9 Å². The largest absolute Gasteiger partial charge is 0.495 e. The molecule has 9 heteroatoms. The van der Waals surface area contributed by atoms with Crippen molar-refractivity contribution in [3.8, 4) is 17.0 Å². The van der Waals surface area contributed by atoms with Crippen molar-refractivity contribution in [2.45, 2.75) is 11.8 Å². The standard InChI is InChI=1S/C20H17ClN4O3S/c1-13-4-5-14(18-12-25-9-3-8-22-20(25)23-18)10-17(13)24-29(26,27)15-6-7-19(28-2)16(21)11-15/h3-12,24H,1-2H3. The van der Waals surface area contributed by atoms with Gasteiger partial charge in [0.2, 0.25) is 5.78 Å². The van der Waals surface area contributed by atoms with Crippen molar-refractivity contribution in [1.82, 2.24) is 14.4 Å². The van der Waals surface area contributed by atoms with E-state index in [1.54, 1.807) is 16.7 Å². The van der Waals surface area contributed by atoms with Crippen molar-refractivity contribution in [3.63, 3.8) is 0 Å². The summed E-state index contributed by atoms with van der Waals surface area (Å²) in [7, 11) is -2.37. The Morgan fingerprint density at radius 3 is 2.72 bits per heavy atom. The van der Waals surface area contributed by atoms with Gasteiger partial charge in [-0.3, -0.25) is 9.12 Å². The molecular weight excluding hydrogens is 412 g/mol. The van der Waals surface area contributed by atoms with Crippen LogP contribution in [-0.4, -0.2) is 29.9 Å². The minimum absolute atomic E-state index is 0.0463. The lowest BCUT2D eigenvalue weighted by atomic mass is 10.1. The predicted octanol–water partition coefficient (Wildman–Crippen LogP) is 4.17. The zero-order valence-electron chi connectivity index (χ0n) is 15.6. The Kier molecular flexibility index (Phi) is 4.89. The Bertz CT molecular complexity index is 1290. The number of imidazole rings is 1. The summed E-state index contributed by atoms with van der Waals surface area (Å²) in [6.45, 7) is 1.83. The summed E-state index contributed by atoms with van der Waals surface area (Å²) < 4.78 is 35.2. The zero-order valence-corrected chi connectivity index (χ0v) is 17.2. The van der Waals surface area contributed by atoms with Crippen LogP contribution in [-0.2, 0) is 10.0 Å². The van der Waals surface area contributed by atoms with Crippen LogP contribution in [0.4, 0.5) is 5.69 Å². The predicted molar refractivity (Wildman–Crippen MR) is 112 cm³/mol. The molecule has 4 aromatic rings. The second kappa shape index (κ2) is 7.38. The van der Waals surface area contributed by atoms with Gasteiger partial charge < -0.3 is 4.74 Å². The number of anilines is 1. The van der Waals surface area contributed by atoms with E-state index < -0.39 is 10.0 Å². The second-order valence-electron chi connectivity index (χ2n) is 6.38. The van der Waals surface area contributed by atoms with Crippen molar-refractivity contribution in [2.75, 3.05) is 11.8 Å². The summed E-state index contributed by atoms with van der Waals surface area (Å²) in [5.41, 5.74) is 2.70. The molecule has 0 spiro atoms. The van der Waals surface area contributed by atoms with E-state index in [1.165, 1.54) is 25.3 Å². The van der Waals surface area contributed by atoms with Crippen LogP contribution in [0.5, 0.6) is 5.75 Å². The van der Waals surface area contributed by atoms with Gasteiger partial charge >= 0.3 is 0 Å². The number of fused-ring (bicyclic) bond motifs is 1. The normalized spacial score (nSPS) is 11.6. The molecule has 0 radical (unpaired) electrons. The molecule has 0 amide bonds. The molecule has 7 nitrogen and oxygen atoms in total. The molecule has 2 aromatic carbocycles. The van der Waals surface area contributed by atoms with Gasteiger partial charge in [0.1, 0.15) is 5.75 Å². The number of ether oxygens (including phenoxy) is 1. The number of halogens is 1. The molecule has 0 aliphatic rings. The van der Waals surface area contributed by atoms with Crippen LogP contribution in [0.2, 0.25) is 5.02 Å². The lowest BCUT2D eigenvalue weighted by Crippen LogP contribution is -2.14. The first-order valence-electron chi connectivity index (χ1n) is 8.64. The van der Waals surface area contributed by atoms with Crippen LogP contribution in [0.25, 0.3) is 17.0 Å². The second-order valence-corrected chi connectivity index (χ2v) is 8.47. The summed E-state index contributed by atoms with van der Waals surface area (Å²) in [6, 6.07) is 11.6. The summed E-state index contributed by atoms with van der Waals surface area (Å²) in [6.07, 6.45) is 5.36. The Labute approximate surface area is 173 Å². The maximum atomic E-state index is 12.9. The minimum atomic E-state index is -3.83. The molecule has 0 unspecified atom stereocenters. The molecule has 29 heavy (non-hydrogen) atoms. The maximum absolute atomic E-state index is 12.9. The molecule has 2 aromatic heterocycles. The number of nitrogens with one attached hydrogen (secondary N) is 1. The molecule has 0 atom stereocenters.